The number of aliphatic hydroxyl groups is 1. The summed E-state index contributed by atoms with van der Waals surface area (Å²) in [4.78, 5) is 22.8. The van der Waals surface area contributed by atoms with Gasteiger partial charge in [-0.15, -0.1) is 11.3 Å². The average Bonchev–Trinajstić information content (AvgIpc) is 3.15. The first-order valence-corrected chi connectivity index (χ1v) is 13.4. The molecule has 1 aliphatic heterocycles. The fourth-order valence-electron chi connectivity index (χ4n) is 5.94. The second kappa shape index (κ2) is 10.1. The highest BCUT2D eigenvalue weighted by Gasteiger charge is 2.59. The lowest BCUT2D eigenvalue weighted by Gasteiger charge is -2.37. The highest BCUT2D eigenvalue weighted by Crippen LogP contribution is 2.63. The van der Waals surface area contributed by atoms with Crippen LogP contribution in [0.25, 0.3) is 0 Å². The third-order valence-electron chi connectivity index (χ3n) is 8.06. The fraction of sp³-hybridized carbons (Fsp3) is 0.600. The summed E-state index contributed by atoms with van der Waals surface area (Å²) >= 11 is 1.65. The van der Waals surface area contributed by atoms with Gasteiger partial charge in [0.05, 0.1) is 11.7 Å². The topological polar surface area (TPSA) is 94.7 Å². The summed E-state index contributed by atoms with van der Waals surface area (Å²) in [5.74, 6) is -0.975. The molecule has 3 fully saturated rings. The number of carbonyl (C=O) groups excluding carboxylic acids is 1. The van der Waals surface area contributed by atoms with Crippen molar-refractivity contribution in [3.05, 3.63) is 45.7 Å². The Kier molecular flexibility index (Phi) is 7.20. The van der Waals surface area contributed by atoms with Crippen LogP contribution in [0.1, 0.15) is 47.6 Å². The molecule has 4 N–H and O–H groups in total. The van der Waals surface area contributed by atoms with E-state index >= 15 is 0 Å². The quantitative estimate of drug-likeness (QED) is 0.458. The number of alkyl halides is 3. The molecule has 12 heteroatoms. The Morgan fingerprint density at radius 1 is 1.35 bits per heavy atom. The van der Waals surface area contributed by atoms with Gasteiger partial charge in [-0.25, -0.2) is 14.2 Å². The van der Waals surface area contributed by atoms with E-state index in [0.717, 1.165) is 49.4 Å². The Morgan fingerprint density at radius 2 is 2.16 bits per heavy atom. The summed E-state index contributed by atoms with van der Waals surface area (Å²) in [5, 5.41) is 13.3. The standard InChI is InChI=1S/C25H31F4N5O2S/c26-20-2-1-16(10-19(20)25(27,28)29)32-23(36)34(8-7-33-6-4-18(35)14-33)17-3-5-24(11-15(24)9-17)21-13-31-22(12-30)37-21/h1-2,10,13,15,17-18,35H,3-9,11-12,14,30H2,(H,32,36)/t15?,17-,18-,24+/m1/s1. The first-order valence-electron chi connectivity index (χ1n) is 12.6. The molecule has 37 heavy (non-hydrogen) atoms. The molecule has 1 saturated heterocycles. The number of β-amino-alcohol motifs (C(OH)–C–C–N with tert-alkyl or cyclic N) is 1. The molecule has 0 radical (unpaired) electrons. The van der Waals surface area contributed by atoms with Crippen molar-refractivity contribution in [3.8, 4) is 0 Å². The number of aliphatic hydroxyl groups excluding tert-OH is 1. The number of aromatic nitrogens is 1. The predicted molar refractivity (Wildman–Crippen MR) is 132 cm³/mol. The van der Waals surface area contributed by atoms with Crippen molar-refractivity contribution in [3.63, 3.8) is 0 Å². The summed E-state index contributed by atoms with van der Waals surface area (Å²) in [6.07, 6.45) is 0.829. The van der Waals surface area contributed by atoms with Crippen molar-refractivity contribution in [2.45, 2.75) is 62.4 Å². The lowest BCUT2D eigenvalue weighted by Crippen LogP contribution is -2.48. The molecule has 1 unspecified atom stereocenters. The van der Waals surface area contributed by atoms with Crippen molar-refractivity contribution in [1.29, 1.82) is 0 Å². The van der Waals surface area contributed by atoms with Gasteiger partial charge in [0, 0.05) is 60.9 Å². The van der Waals surface area contributed by atoms with Crippen molar-refractivity contribution < 1.29 is 27.5 Å². The molecule has 3 aliphatic rings. The second-order valence-corrected chi connectivity index (χ2v) is 11.5. The van der Waals surface area contributed by atoms with Gasteiger partial charge >= 0.3 is 12.2 Å². The Balaban J connectivity index is 1.30. The normalized spacial score (nSPS) is 27.7. The average molecular weight is 542 g/mol. The predicted octanol–water partition coefficient (Wildman–Crippen LogP) is 4.17. The van der Waals surface area contributed by atoms with E-state index in [1.165, 1.54) is 4.88 Å². The smallest absolute Gasteiger partial charge is 0.392 e. The van der Waals surface area contributed by atoms with Crippen LogP contribution in [0, 0.1) is 11.7 Å². The maximum Gasteiger partial charge on any atom is 0.419 e. The zero-order valence-corrected chi connectivity index (χ0v) is 21.1. The highest BCUT2D eigenvalue weighted by molar-refractivity contribution is 7.11. The summed E-state index contributed by atoms with van der Waals surface area (Å²) in [5.41, 5.74) is 4.31. The summed E-state index contributed by atoms with van der Waals surface area (Å²) < 4.78 is 53.3. The molecule has 4 atom stereocenters. The van der Waals surface area contributed by atoms with Crippen LogP contribution < -0.4 is 11.1 Å². The minimum Gasteiger partial charge on any atom is -0.392 e. The number of rotatable bonds is 7. The van der Waals surface area contributed by atoms with Crippen LogP contribution in [0.2, 0.25) is 0 Å². The number of carbonyl (C=O) groups is 1. The number of nitrogens with one attached hydrogen (secondary N) is 1. The molecule has 1 aromatic carbocycles. The van der Waals surface area contributed by atoms with Crippen molar-refractivity contribution in [2.24, 2.45) is 11.7 Å². The Bertz CT molecular complexity index is 1140. The van der Waals surface area contributed by atoms with Gasteiger partial charge in [0.1, 0.15) is 10.8 Å². The molecule has 2 saturated carbocycles. The summed E-state index contributed by atoms with van der Waals surface area (Å²) in [7, 11) is 0. The molecule has 2 amide bonds. The lowest BCUT2D eigenvalue weighted by atomic mass is 9.84. The van der Waals surface area contributed by atoms with Crippen LogP contribution >= 0.6 is 11.3 Å². The Hall–Kier alpha value is -2.28. The number of hydrogen-bond acceptors (Lipinski definition) is 6. The molecule has 202 valence electrons. The first-order chi connectivity index (χ1) is 17.6. The zero-order valence-electron chi connectivity index (χ0n) is 20.3. The number of urea groups is 1. The highest BCUT2D eigenvalue weighted by atomic mass is 32.1. The van der Waals surface area contributed by atoms with Crippen LogP contribution in [0.4, 0.5) is 28.0 Å². The van der Waals surface area contributed by atoms with E-state index in [0.29, 0.717) is 44.6 Å². The number of amides is 2. The third-order valence-corrected chi connectivity index (χ3v) is 9.30. The molecule has 0 bridgehead atoms. The number of nitrogens with zero attached hydrogens (tertiary/aromatic N) is 3. The SMILES string of the molecule is NCc1ncc([C@]23CC[C@@H](N(CCN4CC[C@@H](O)C4)C(=O)Nc4ccc(F)c(C(F)(F)F)c4)CC2C3)s1. The summed E-state index contributed by atoms with van der Waals surface area (Å²) in [6.45, 7) is 2.62. The fourth-order valence-corrected chi connectivity index (χ4v) is 7.04. The number of likely N-dealkylation sites (tertiary alicyclic amines) is 1. The van der Waals surface area contributed by atoms with Crippen molar-refractivity contribution >= 4 is 23.1 Å². The molecule has 0 spiro atoms. The molecular weight excluding hydrogens is 510 g/mol. The number of fused-ring (bicyclic) bond motifs is 1. The largest absolute Gasteiger partial charge is 0.419 e. The van der Waals surface area contributed by atoms with Gasteiger partial charge in [-0.3, -0.25) is 4.90 Å². The monoisotopic (exact) mass is 541 g/mol. The van der Waals surface area contributed by atoms with Gasteiger partial charge in [0.2, 0.25) is 0 Å². The molecule has 2 aromatic rings. The van der Waals surface area contributed by atoms with E-state index in [9.17, 15) is 27.5 Å². The number of halogens is 4. The second-order valence-electron chi connectivity index (χ2n) is 10.4. The number of nitrogens with two attached hydrogens (primary N) is 1. The van der Waals surface area contributed by atoms with Crippen molar-refractivity contribution in [1.82, 2.24) is 14.8 Å². The molecule has 5 rings (SSSR count). The molecule has 2 heterocycles. The van der Waals surface area contributed by atoms with E-state index in [4.69, 9.17) is 5.73 Å². The van der Waals surface area contributed by atoms with E-state index in [2.05, 4.69) is 15.2 Å². The molecule has 2 aliphatic carbocycles. The van der Waals surface area contributed by atoms with Gasteiger partial charge in [0.25, 0.3) is 0 Å². The van der Waals surface area contributed by atoms with Gasteiger partial charge in [-0.05, 0) is 56.2 Å². The summed E-state index contributed by atoms with van der Waals surface area (Å²) in [6, 6.07) is 1.92. The van der Waals surface area contributed by atoms with E-state index < -0.39 is 23.6 Å². The van der Waals surface area contributed by atoms with Crippen molar-refractivity contribution in [2.75, 3.05) is 31.5 Å². The molecule has 1 aromatic heterocycles. The van der Waals surface area contributed by atoms with Crippen LogP contribution in [0.3, 0.4) is 0 Å². The number of anilines is 1. The van der Waals surface area contributed by atoms with Gasteiger partial charge < -0.3 is 21.1 Å². The molecular formula is C25H31F4N5O2S. The van der Waals surface area contributed by atoms with Crippen LogP contribution in [-0.4, -0.2) is 64.2 Å². The minimum absolute atomic E-state index is 0.0717. The molecule has 7 nitrogen and oxygen atoms in total. The van der Waals surface area contributed by atoms with E-state index in [1.807, 2.05) is 6.20 Å². The maximum absolute atomic E-state index is 13.7. The van der Waals surface area contributed by atoms with Crippen LogP contribution in [0.15, 0.2) is 24.4 Å². The number of thiazole rings is 1. The van der Waals surface area contributed by atoms with Gasteiger partial charge in [-0.2, -0.15) is 13.2 Å². The Morgan fingerprint density at radius 3 is 2.81 bits per heavy atom. The minimum atomic E-state index is -4.86. The van der Waals surface area contributed by atoms with E-state index in [-0.39, 0.29) is 23.2 Å². The van der Waals surface area contributed by atoms with E-state index in [1.54, 1.807) is 16.2 Å². The van der Waals surface area contributed by atoms with Crippen LogP contribution in [-0.2, 0) is 18.1 Å². The number of hydrogen-bond donors (Lipinski definition) is 3. The zero-order chi connectivity index (χ0) is 26.4. The Labute approximate surface area is 216 Å². The maximum atomic E-state index is 13.7. The number of benzene rings is 1. The van der Waals surface area contributed by atoms with Gasteiger partial charge in [-0.1, -0.05) is 0 Å². The first kappa shape index (κ1) is 26.3. The lowest BCUT2D eigenvalue weighted by molar-refractivity contribution is -0.139. The van der Waals surface area contributed by atoms with Crippen LogP contribution in [0.5, 0.6) is 0 Å². The third kappa shape index (κ3) is 5.47. The van der Waals surface area contributed by atoms with Gasteiger partial charge in [0.15, 0.2) is 0 Å².